The van der Waals surface area contributed by atoms with Crippen molar-refractivity contribution in [1.82, 2.24) is 14.9 Å². The first-order valence-electron chi connectivity index (χ1n) is 8.06. The van der Waals surface area contributed by atoms with Crippen molar-refractivity contribution < 1.29 is 4.42 Å². The standard InChI is InChI=1S/C19H18ClN3O/c1-13-2-7-17(24-13)12-23-9-8-18-15(11-23)10-21-19(22-18)14-3-5-16(20)6-4-14/h2-7,10H,8-9,11-12H2,1H3. The van der Waals surface area contributed by atoms with Crippen LogP contribution in [0.15, 0.2) is 47.0 Å². The maximum absolute atomic E-state index is 5.94. The summed E-state index contributed by atoms with van der Waals surface area (Å²) in [6.45, 7) is 4.63. The minimum atomic E-state index is 0.723. The summed E-state index contributed by atoms with van der Waals surface area (Å²) in [7, 11) is 0. The van der Waals surface area contributed by atoms with Crippen LogP contribution < -0.4 is 0 Å². The molecule has 1 aliphatic rings. The first-order valence-corrected chi connectivity index (χ1v) is 8.43. The molecule has 0 amide bonds. The average molecular weight is 340 g/mol. The summed E-state index contributed by atoms with van der Waals surface area (Å²) < 4.78 is 5.68. The van der Waals surface area contributed by atoms with Crippen LogP contribution in [0.25, 0.3) is 11.4 Å². The molecule has 3 aromatic rings. The number of rotatable bonds is 3. The summed E-state index contributed by atoms with van der Waals surface area (Å²) in [5, 5.41) is 0.723. The van der Waals surface area contributed by atoms with Crippen LogP contribution >= 0.6 is 11.6 Å². The van der Waals surface area contributed by atoms with E-state index >= 15 is 0 Å². The molecule has 24 heavy (non-hydrogen) atoms. The fourth-order valence-electron chi connectivity index (χ4n) is 3.04. The Morgan fingerprint density at radius 1 is 1.17 bits per heavy atom. The van der Waals surface area contributed by atoms with Crippen LogP contribution in [-0.4, -0.2) is 21.4 Å². The largest absolute Gasteiger partial charge is 0.465 e. The van der Waals surface area contributed by atoms with Crippen LogP contribution in [0, 0.1) is 6.92 Å². The number of nitrogens with zero attached hydrogens (tertiary/aromatic N) is 3. The molecular formula is C19H18ClN3O. The Hall–Kier alpha value is -2.17. The molecular weight excluding hydrogens is 322 g/mol. The Bertz CT molecular complexity index is 857. The van der Waals surface area contributed by atoms with E-state index in [0.717, 1.165) is 59.7 Å². The van der Waals surface area contributed by atoms with Crippen LogP contribution in [0.1, 0.15) is 22.8 Å². The van der Waals surface area contributed by atoms with Gasteiger partial charge in [-0.3, -0.25) is 4.90 Å². The van der Waals surface area contributed by atoms with E-state index in [9.17, 15) is 0 Å². The van der Waals surface area contributed by atoms with Crippen molar-refractivity contribution in [3.05, 3.63) is 70.4 Å². The third-order valence-electron chi connectivity index (χ3n) is 4.29. The SMILES string of the molecule is Cc1ccc(CN2CCc3nc(-c4ccc(Cl)cc4)ncc3C2)o1. The third-order valence-corrected chi connectivity index (χ3v) is 4.54. The molecule has 3 heterocycles. The lowest BCUT2D eigenvalue weighted by Crippen LogP contribution is -2.30. The Balaban J connectivity index is 1.52. The Morgan fingerprint density at radius 3 is 2.75 bits per heavy atom. The van der Waals surface area contributed by atoms with Gasteiger partial charge in [0.2, 0.25) is 0 Å². The lowest BCUT2D eigenvalue weighted by atomic mass is 10.1. The van der Waals surface area contributed by atoms with Gasteiger partial charge in [0.05, 0.1) is 12.2 Å². The van der Waals surface area contributed by atoms with E-state index in [1.165, 1.54) is 5.56 Å². The van der Waals surface area contributed by atoms with E-state index in [2.05, 4.69) is 9.88 Å². The molecule has 0 bridgehead atoms. The van der Waals surface area contributed by atoms with Crippen LogP contribution in [0.3, 0.4) is 0 Å². The van der Waals surface area contributed by atoms with Crippen LogP contribution in [-0.2, 0) is 19.5 Å². The highest BCUT2D eigenvalue weighted by Gasteiger charge is 2.19. The van der Waals surface area contributed by atoms with Gasteiger partial charge in [-0.15, -0.1) is 0 Å². The second-order valence-electron chi connectivity index (χ2n) is 6.15. The summed E-state index contributed by atoms with van der Waals surface area (Å²) in [5.74, 6) is 2.73. The zero-order chi connectivity index (χ0) is 16.5. The topological polar surface area (TPSA) is 42.2 Å². The number of furan rings is 1. The summed E-state index contributed by atoms with van der Waals surface area (Å²) >= 11 is 5.94. The molecule has 5 heteroatoms. The van der Waals surface area contributed by atoms with Crippen molar-refractivity contribution in [1.29, 1.82) is 0 Å². The lowest BCUT2D eigenvalue weighted by Gasteiger charge is -2.27. The van der Waals surface area contributed by atoms with Crippen molar-refractivity contribution in [2.45, 2.75) is 26.4 Å². The predicted molar refractivity (Wildman–Crippen MR) is 93.7 cm³/mol. The van der Waals surface area contributed by atoms with E-state index in [1.807, 2.05) is 49.5 Å². The molecule has 0 N–H and O–H groups in total. The van der Waals surface area contributed by atoms with Gasteiger partial charge < -0.3 is 4.42 Å². The zero-order valence-electron chi connectivity index (χ0n) is 13.5. The van der Waals surface area contributed by atoms with E-state index in [0.29, 0.717) is 0 Å². The van der Waals surface area contributed by atoms with Gasteiger partial charge in [-0.2, -0.15) is 0 Å². The molecule has 0 saturated carbocycles. The Labute approximate surface area is 146 Å². The highest BCUT2D eigenvalue weighted by molar-refractivity contribution is 6.30. The number of halogens is 1. The molecule has 0 fully saturated rings. The van der Waals surface area contributed by atoms with Crippen molar-refractivity contribution in [2.75, 3.05) is 6.54 Å². The van der Waals surface area contributed by atoms with Gasteiger partial charge in [-0.25, -0.2) is 9.97 Å². The van der Waals surface area contributed by atoms with E-state index in [1.54, 1.807) is 0 Å². The summed E-state index contributed by atoms with van der Waals surface area (Å²) in [4.78, 5) is 11.7. The molecule has 0 atom stereocenters. The van der Waals surface area contributed by atoms with Gasteiger partial charge >= 0.3 is 0 Å². The van der Waals surface area contributed by atoms with Gasteiger partial charge in [-0.05, 0) is 43.3 Å². The summed E-state index contributed by atoms with van der Waals surface area (Å²) in [6, 6.07) is 11.7. The van der Waals surface area contributed by atoms with Gasteiger partial charge in [0.1, 0.15) is 11.5 Å². The average Bonchev–Trinajstić information content (AvgIpc) is 3.00. The molecule has 0 saturated heterocycles. The van der Waals surface area contributed by atoms with E-state index < -0.39 is 0 Å². The van der Waals surface area contributed by atoms with Crippen molar-refractivity contribution >= 4 is 11.6 Å². The van der Waals surface area contributed by atoms with Crippen LogP contribution in [0.5, 0.6) is 0 Å². The minimum absolute atomic E-state index is 0.723. The lowest BCUT2D eigenvalue weighted by molar-refractivity contribution is 0.222. The summed E-state index contributed by atoms with van der Waals surface area (Å²) in [5.41, 5.74) is 3.33. The number of fused-ring (bicyclic) bond motifs is 1. The zero-order valence-corrected chi connectivity index (χ0v) is 14.3. The second-order valence-corrected chi connectivity index (χ2v) is 6.58. The fraction of sp³-hybridized carbons (Fsp3) is 0.263. The van der Waals surface area contributed by atoms with Crippen molar-refractivity contribution in [3.8, 4) is 11.4 Å². The molecule has 2 aromatic heterocycles. The molecule has 1 aromatic carbocycles. The third kappa shape index (κ3) is 3.21. The molecule has 0 unspecified atom stereocenters. The highest BCUT2D eigenvalue weighted by Crippen LogP contribution is 2.23. The first-order chi connectivity index (χ1) is 11.7. The molecule has 0 radical (unpaired) electrons. The van der Waals surface area contributed by atoms with Gasteiger partial charge in [-0.1, -0.05) is 11.6 Å². The minimum Gasteiger partial charge on any atom is -0.465 e. The predicted octanol–water partition coefficient (Wildman–Crippen LogP) is 4.26. The number of benzene rings is 1. The van der Waals surface area contributed by atoms with Crippen molar-refractivity contribution in [3.63, 3.8) is 0 Å². The monoisotopic (exact) mass is 339 g/mol. The molecule has 0 spiro atoms. The molecule has 0 aliphatic carbocycles. The molecule has 4 nitrogen and oxygen atoms in total. The number of hydrogen-bond donors (Lipinski definition) is 0. The number of aromatic nitrogens is 2. The Morgan fingerprint density at radius 2 is 2.00 bits per heavy atom. The van der Waals surface area contributed by atoms with Gasteiger partial charge in [0.25, 0.3) is 0 Å². The van der Waals surface area contributed by atoms with E-state index in [4.69, 9.17) is 21.0 Å². The second kappa shape index (κ2) is 6.38. The Kier molecular flexibility index (Phi) is 4.08. The van der Waals surface area contributed by atoms with Crippen molar-refractivity contribution in [2.24, 2.45) is 0 Å². The molecule has 1 aliphatic heterocycles. The van der Waals surface area contributed by atoms with Gasteiger partial charge in [0, 0.05) is 41.9 Å². The number of hydrogen-bond acceptors (Lipinski definition) is 4. The smallest absolute Gasteiger partial charge is 0.159 e. The maximum atomic E-state index is 5.94. The van der Waals surface area contributed by atoms with Crippen LogP contribution in [0.4, 0.5) is 0 Å². The summed E-state index contributed by atoms with van der Waals surface area (Å²) in [6.07, 6.45) is 2.88. The number of aryl methyl sites for hydroxylation is 1. The maximum Gasteiger partial charge on any atom is 0.159 e. The first kappa shape index (κ1) is 15.4. The fourth-order valence-corrected chi connectivity index (χ4v) is 3.16. The van der Waals surface area contributed by atoms with Gasteiger partial charge in [0.15, 0.2) is 5.82 Å². The van der Waals surface area contributed by atoms with Crippen LogP contribution in [0.2, 0.25) is 5.02 Å². The highest BCUT2D eigenvalue weighted by atomic mass is 35.5. The normalized spacial score (nSPS) is 14.6. The van der Waals surface area contributed by atoms with E-state index in [-0.39, 0.29) is 0 Å². The quantitative estimate of drug-likeness (QED) is 0.715. The molecule has 122 valence electrons. The molecule has 4 rings (SSSR count).